The van der Waals surface area contributed by atoms with Gasteiger partial charge in [-0.3, -0.25) is 4.79 Å². The molecule has 0 rings (SSSR count). The number of ether oxygens (including phenoxy) is 1. The van der Waals surface area contributed by atoms with Gasteiger partial charge in [0.15, 0.2) is 0 Å². The molecule has 0 saturated carbocycles. The van der Waals surface area contributed by atoms with Gasteiger partial charge >= 0.3 is 5.97 Å². The van der Waals surface area contributed by atoms with Crippen molar-refractivity contribution in [2.75, 3.05) is 6.61 Å². The molecule has 0 amide bonds. The van der Waals surface area contributed by atoms with E-state index in [2.05, 4.69) is 20.8 Å². The van der Waals surface area contributed by atoms with Gasteiger partial charge in [0.2, 0.25) is 0 Å². The topological polar surface area (TPSA) is 26.3 Å². The highest BCUT2D eigenvalue weighted by Crippen LogP contribution is 2.17. The second kappa shape index (κ2) is 27.7. The smallest absolute Gasteiger partial charge is 0.305 e. The molecule has 0 aliphatic rings. The molecule has 0 aliphatic heterocycles. The maximum absolute atomic E-state index is 11.8. The number of rotatable bonds is 27. The van der Waals surface area contributed by atoms with Gasteiger partial charge in [0.25, 0.3) is 0 Å². The predicted molar refractivity (Wildman–Crippen MR) is 147 cm³/mol. The molecule has 33 heavy (non-hydrogen) atoms. The Morgan fingerprint density at radius 3 is 1.42 bits per heavy atom. The fourth-order valence-electron chi connectivity index (χ4n) is 4.84. The minimum atomic E-state index is 0.0235. The zero-order chi connectivity index (χ0) is 24.2. The summed E-state index contributed by atoms with van der Waals surface area (Å²) < 4.78 is 5.41. The summed E-state index contributed by atoms with van der Waals surface area (Å²) in [6.45, 7) is 7.60. The van der Waals surface area contributed by atoms with Crippen LogP contribution < -0.4 is 0 Å². The van der Waals surface area contributed by atoms with Gasteiger partial charge in [-0.25, -0.2) is 0 Å². The number of carbonyl (C=O) groups is 1. The lowest BCUT2D eigenvalue weighted by atomic mass is 9.98. The van der Waals surface area contributed by atoms with Gasteiger partial charge in [0.05, 0.1) is 6.61 Å². The van der Waals surface area contributed by atoms with Gasteiger partial charge in [0.1, 0.15) is 0 Å². The number of hydrogen-bond acceptors (Lipinski definition) is 2. The first-order chi connectivity index (χ1) is 16.2. The van der Waals surface area contributed by atoms with Crippen molar-refractivity contribution in [3.8, 4) is 0 Å². The van der Waals surface area contributed by atoms with Crippen molar-refractivity contribution in [3.63, 3.8) is 0 Å². The maximum atomic E-state index is 11.8. The summed E-state index contributed by atoms with van der Waals surface area (Å²) in [5.74, 6) is 0.946. The average molecular weight is 467 g/mol. The average Bonchev–Trinajstić information content (AvgIpc) is 2.80. The summed E-state index contributed by atoms with van der Waals surface area (Å²) in [6, 6.07) is 0. The Morgan fingerprint density at radius 2 is 0.939 bits per heavy atom. The molecule has 0 aromatic heterocycles. The van der Waals surface area contributed by atoms with E-state index >= 15 is 0 Å². The molecular weight excluding hydrogens is 404 g/mol. The van der Waals surface area contributed by atoms with Crippen LogP contribution in [0.2, 0.25) is 0 Å². The molecule has 198 valence electrons. The third kappa shape index (κ3) is 27.6. The van der Waals surface area contributed by atoms with E-state index in [1.54, 1.807) is 0 Å². The quantitative estimate of drug-likeness (QED) is 0.0888. The Labute approximate surface area is 209 Å². The number of unbranched alkanes of at least 4 members (excludes halogenated alkanes) is 19. The molecule has 0 spiro atoms. The normalized spacial score (nSPS) is 12.2. The third-order valence-corrected chi connectivity index (χ3v) is 7.12. The van der Waals surface area contributed by atoms with Crippen molar-refractivity contribution in [2.24, 2.45) is 5.92 Å². The van der Waals surface area contributed by atoms with Crippen molar-refractivity contribution in [3.05, 3.63) is 0 Å². The highest BCUT2D eigenvalue weighted by atomic mass is 16.5. The Kier molecular flexibility index (Phi) is 27.3. The summed E-state index contributed by atoms with van der Waals surface area (Å²) in [6.07, 6.45) is 32.7. The van der Waals surface area contributed by atoms with Gasteiger partial charge in [0, 0.05) is 6.42 Å². The third-order valence-electron chi connectivity index (χ3n) is 7.12. The van der Waals surface area contributed by atoms with Gasteiger partial charge in [-0.2, -0.15) is 0 Å². The molecule has 0 bridgehead atoms. The first-order valence-corrected chi connectivity index (χ1v) is 15.4. The molecule has 2 heteroatoms. The van der Waals surface area contributed by atoms with E-state index in [1.807, 2.05) is 0 Å². The summed E-state index contributed by atoms with van der Waals surface area (Å²) >= 11 is 0. The minimum absolute atomic E-state index is 0.0235. The molecule has 0 fully saturated rings. The van der Waals surface area contributed by atoms with Gasteiger partial charge < -0.3 is 4.74 Å². The van der Waals surface area contributed by atoms with Crippen LogP contribution in [-0.2, 0) is 9.53 Å². The molecule has 0 heterocycles. The summed E-state index contributed by atoms with van der Waals surface area (Å²) in [4.78, 5) is 11.8. The van der Waals surface area contributed by atoms with Crippen LogP contribution in [0.1, 0.15) is 181 Å². The van der Waals surface area contributed by atoms with Crippen LogP contribution in [0.5, 0.6) is 0 Å². The molecule has 1 atom stereocenters. The van der Waals surface area contributed by atoms with E-state index in [0.29, 0.717) is 13.0 Å². The lowest BCUT2D eigenvalue weighted by Gasteiger charge is -2.09. The van der Waals surface area contributed by atoms with Crippen LogP contribution in [0.25, 0.3) is 0 Å². The standard InChI is InChI=1S/C31H62O2/c1-4-6-7-8-9-10-11-12-16-19-22-25-29-33-31(32)28-24-21-18-15-13-14-17-20-23-27-30(3)26-5-2/h30H,4-29H2,1-3H3. The van der Waals surface area contributed by atoms with Crippen LogP contribution in [-0.4, -0.2) is 12.6 Å². The van der Waals surface area contributed by atoms with Gasteiger partial charge in [-0.1, -0.05) is 162 Å². The Morgan fingerprint density at radius 1 is 0.515 bits per heavy atom. The van der Waals surface area contributed by atoms with Gasteiger partial charge in [-0.05, 0) is 18.8 Å². The Balaban J connectivity index is 3.18. The highest BCUT2D eigenvalue weighted by Gasteiger charge is 2.03. The zero-order valence-electron chi connectivity index (χ0n) is 23.3. The van der Waals surface area contributed by atoms with Crippen molar-refractivity contribution < 1.29 is 9.53 Å². The van der Waals surface area contributed by atoms with Crippen molar-refractivity contribution in [2.45, 2.75) is 181 Å². The molecule has 0 radical (unpaired) electrons. The van der Waals surface area contributed by atoms with Crippen molar-refractivity contribution in [1.29, 1.82) is 0 Å². The number of hydrogen-bond donors (Lipinski definition) is 0. The van der Waals surface area contributed by atoms with Crippen LogP contribution in [0.3, 0.4) is 0 Å². The van der Waals surface area contributed by atoms with E-state index in [4.69, 9.17) is 4.74 Å². The Bertz CT molecular complexity index is 379. The first kappa shape index (κ1) is 32.5. The van der Waals surface area contributed by atoms with Crippen LogP contribution in [0.4, 0.5) is 0 Å². The Hall–Kier alpha value is -0.530. The van der Waals surface area contributed by atoms with Gasteiger partial charge in [-0.15, -0.1) is 0 Å². The van der Waals surface area contributed by atoms with Crippen LogP contribution in [0.15, 0.2) is 0 Å². The van der Waals surface area contributed by atoms with E-state index in [1.165, 1.54) is 141 Å². The SMILES string of the molecule is CCCCCCCCCCCCCCOC(=O)CCCCCCCCCCCC(C)CCC. The zero-order valence-corrected chi connectivity index (χ0v) is 23.3. The second-order valence-corrected chi connectivity index (χ2v) is 10.7. The summed E-state index contributed by atoms with van der Waals surface area (Å²) in [5, 5.41) is 0. The van der Waals surface area contributed by atoms with Crippen molar-refractivity contribution >= 4 is 5.97 Å². The van der Waals surface area contributed by atoms with E-state index in [-0.39, 0.29) is 5.97 Å². The lowest BCUT2D eigenvalue weighted by molar-refractivity contribution is -0.143. The molecule has 0 aromatic carbocycles. The highest BCUT2D eigenvalue weighted by molar-refractivity contribution is 5.69. The van der Waals surface area contributed by atoms with E-state index in [9.17, 15) is 4.79 Å². The number of carbonyl (C=O) groups excluding carboxylic acids is 1. The fourth-order valence-corrected chi connectivity index (χ4v) is 4.84. The second-order valence-electron chi connectivity index (χ2n) is 10.7. The molecule has 1 unspecified atom stereocenters. The summed E-state index contributed by atoms with van der Waals surface area (Å²) in [7, 11) is 0. The van der Waals surface area contributed by atoms with E-state index < -0.39 is 0 Å². The first-order valence-electron chi connectivity index (χ1n) is 15.4. The monoisotopic (exact) mass is 466 g/mol. The summed E-state index contributed by atoms with van der Waals surface area (Å²) in [5.41, 5.74) is 0. The molecule has 0 N–H and O–H groups in total. The molecular formula is C31H62O2. The maximum Gasteiger partial charge on any atom is 0.305 e. The lowest BCUT2D eigenvalue weighted by Crippen LogP contribution is -2.05. The molecule has 0 aliphatic carbocycles. The fraction of sp³-hybridized carbons (Fsp3) is 0.968. The molecule has 0 saturated heterocycles. The minimum Gasteiger partial charge on any atom is -0.466 e. The predicted octanol–water partition coefficient (Wildman–Crippen LogP) is 11.0. The van der Waals surface area contributed by atoms with Crippen LogP contribution in [0, 0.1) is 5.92 Å². The molecule has 2 nitrogen and oxygen atoms in total. The molecule has 0 aromatic rings. The van der Waals surface area contributed by atoms with Crippen LogP contribution >= 0.6 is 0 Å². The largest absolute Gasteiger partial charge is 0.466 e. The van der Waals surface area contributed by atoms with E-state index in [0.717, 1.165) is 18.8 Å². The van der Waals surface area contributed by atoms with Crippen molar-refractivity contribution in [1.82, 2.24) is 0 Å². The number of esters is 1.